The van der Waals surface area contributed by atoms with E-state index < -0.39 is 28.7 Å². The van der Waals surface area contributed by atoms with Gasteiger partial charge in [-0.15, -0.1) is 11.8 Å². The number of rotatable bonds is 6. The summed E-state index contributed by atoms with van der Waals surface area (Å²) in [5, 5.41) is 13.9. The third kappa shape index (κ3) is 5.92. The van der Waals surface area contributed by atoms with E-state index in [2.05, 4.69) is 10.6 Å². The van der Waals surface area contributed by atoms with Crippen molar-refractivity contribution in [2.45, 2.75) is 56.4 Å². The van der Waals surface area contributed by atoms with E-state index in [1.54, 1.807) is 13.8 Å². The predicted molar refractivity (Wildman–Crippen MR) is 81.1 cm³/mol. The molecule has 5 N–H and O–H groups in total. The van der Waals surface area contributed by atoms with Crippen molar-refractivity contribution in [2.24, 2.45) is 5.73 Å². The Morgan fingerprint density at radius 1 is 1.33 bits per heavy atom. The summed E-state index contributed by atoms with van der Waals surface area (Å²) in [5.74, 6) is -1.60. The lowest BCUT2D eigenvalue weighted by Gasteiger charge is -2.27. The van der Waals surface area contributed by atoms with Crippen LogP contribution in [0.1, 0.15) is 39.5 Å². The molecule has 1 atom stereocenters. The number of nitrogens with two attached hydrogens (primary N) is 1. The van der Waals surface area contributed by atoms with Crippen LogP contribution in [0.3, 0.4) is 0 Å². The molecule has 0 heterocycles. The quantitative estimate of drug-likeness (QED) is 0.571. The van der Waals surface area contributed by atoms with Crippen LogP contribution < -0.4 is 16.4 Å². The highest BCUT2D eigenvalue weighted by Gasteiger charge is 2.33. The van der Waals surface area contributed by atoms with Crippen molar-refractivity contribution in [2.75, 3.05) is 5.75 Å². The summed E-state index contributed by atoms with van der Waals surface area (Å²) in [6.45, 7) is 3.31. The minimum absolute atomic E-state index is 0.0218. The van der Waals surface area contributed by atoms with Crippen LogP contribution in [0.15, 0.2) is 0 Å². The normalized spacial score (nSPS) is 17.3. The van der Waals surface area contributed by atoms with Crippen LogP contribution in [0, 0.1) is 0 Å². The van der Waals surface area contributed by atoms with Gasteiger partial charge in [0.15, 0.2) is 0 Å². The third-order valence-electron chi connectivity index (χ3n) is 3.53. The summed E-state index contributed by atoms with van der Waals surface area (Å²) >= 11 is 1.11. The minimum Gasteiger partial charge on any atom is -0.480 e. The van der Waals surface area contributed by atoms with E-state index in [0.29, 0.717) is 0 Å². The average Bonchev–Trinajstić information content (AvgIpc) is 2.88. The Bertz CT molecular complexity index is 408. The molecule has 0 radical (unpaired) electrons. The van der Waals surface area contributed by atoms with E-state index in [9.17, 15) is 14.4 Å². The van der Waals surface area contributed by atoms with Crippen LogP contribution >= 0.6 is 11.8 Å². The maximum atomic E-state index is 11.7. The summed E-state index contributed by atoms with van der Waals surface area (Å²) in [7, 11) is 0. The molecule has 1 saturated carbocycles. The van der Waals surface area contributed by atoms with Crippen molar-refractivity contribution in [1.29, 1.82) is 0 Å². The van der Waals surface area contributed by atoms with Crippen LogP contribution in [-0.2, 0) is 9.59 Å². The highest BCUT2D eigenvalue weighted by atomic mass is 32.2. The largest absolute Gasteiger partial charge is 0.480 e. The molecule has 0 unspecified atom stereocenters. The van der Waals surface area contributed by atoms with Gasteiger partial charge in [-0.1, -0.05) is 12.8 Å². The lowest BCUT2D eigenvalue weighted by atomic mass is 10.1. The van der Waals surface area contributed by atoms with Crippen molar-refractivity contribution < 1.29 is 19.5 Å². The molecule has 120 valence electrons. The third-order valence-corrected chi connectivity index (χ3v) is 4.94. The van der Waals surface area contributed by atoms with Gasteiger partial charge in [0.1, 0.15) is 6.04 Å². The molecule has 1 aliphatic rings. The number of nitrogens with one attached hydrogen (secondary N) is 2. The van der Waals surface area contributed by atoms with Gasteiger partial charge in [-0.05, 0) is 26.7 Å². The number of carbonyl (C=O) groups is 3. The van der Waals surface area contributed by atoms with Crippen LogP contribution in [0.5, 0.6) is 0 Å². The highest BCUT2D eigenvalue weighted by molar-refractivity contribution is 8.01. The summed E-state index contributed by atoms with van der Waals surface area (Å²) in [5.41, 5.74) is 5.56. The van der Waals surface area contributed by atoms with Crippen molar-refractivity contribution in [1.82, 2.24) is 10.6 Å². The number of carboxylic acid groups (broad SMARTS) is 1. The van der Waals surface area contributed by atoms with Crippen molar-refractivity contribution >= 4 is 29.7 Å². The highest BCUT2D eigenvalue weighted by Crippen LogP contribution is 2.27. The zero-order valence-electron chi connectivity index (χ0n) is 12.3. The smallest absolute Gasteiger partial charge is 0.321 e. The van der Waals surface area contributed by atoms with Gasteiger partial charge < -0.3 is 16.2 Å². The van der Waals surface area contributed by atoms with Gasteiger partial charge in [0.25, 0.3) is 0 Å². The van der Waals surface area contributed by atoms with Crippen LogP contribution in [-0.4, -0.2) is 45.6 Å². The van der Waals surface area contributed by atoms with Crippen molar-refractivity contribution in [3.05, 3.63) is 0 Å². The zero-order valence-corrected chi connectivity index (χ0v) is 13.2. The molecule has 7 nitrogen and oxygen atoms in total. The van der Waals surface area contributed by atoms with Crippen molar-refractivity contribution in [3.63, 3.8) is 0 Å². The first-order valence-corrected chi connectivity index (χ1v) is 7.93. The second-order valence-corrected chi connectivity index (χ2v) is 7.34. The zero-order chi connectivity index (χ0) is 16.0. The number of hydrogen-bond acceptors (Lipinski definition) is 5. The van der Waals surface area contributed by atoms with E-state index in [1.165, 1.54) is 0 Å². The van der Waals surface area contributed by atoms with Crippen LogP contribution in [0.25, 0.3) is 0 Å². The molecular weight excluding hydrogens is 294 g/mol. The second kappa shape index (κ2) is 7.65. The number of thioether (sulfide) groups is 1. The number of imide groups is 1. The summed E-state index contributed by atoms with van der Waals surface area (Å²) in [4.78, 5) is 34.1. The molecule has 1 fully saturated rings. The summed E-state index contributed by atoms with van der Waals surface area (Å²) < 4.78 is -0.800. The first kappa shape index (κ1) is 17.8. The summed E-state index contributed by atoms with van der Waals surface area (Å²) in [6, 6.07) is -1.43. The fourth-order valence-corrected chi connectivity index (χ4v) is 2.95. The van der Waals surface area contributed by atoms with Gasteiger partial charge in [0, 0.05) is 10.8 Å². The fourth-order valence-electron chi connectivity index (χ4n) is 2.09. The Balaban J connectivity index is 2.32. The van der Waals surface area contributed by atoms with Gasteiger partial charge in [0.2, 0.25) is 5.91 Å². The number of urea groups is 1. The molecule has 8 heteroatoms. The molecule has 0 aliphatic heterocycles. The van der Waals surface area contributed by atoms with E-state index in [1.807, 2.05) is 0 Å². The topological polar surface area (TPSA) is 122 Å². The number of amides is 3. The molecular formula is C13H23N3O4S. The molecule has 1 aliphatic carbocycles. The lowest BCUT2D eigenvalue weighted by Crippen LogP contribution is -2.48. The number of aliphatic carboxylic acids is 1. The Morgan fingerprint density at radius 2 is 1.90 bits per heavy atom. The first-order chi connectivity index (χ1) is 9.72. The van der Waals surface area contributed by atoms with Crippen molar-refractivity contribution in [3.8, 4) is 0 Å². The Labute approximate surface area is 128 Å². The molecule has 0 spiro atoms. The summed E-state index contributed by atoms with van der Waals surface area (Å²) in [6.07, 6.45) is 4.07. The predicted octanol–water partition coefficient (Wildman–Crippen LogP) is 0.679. The van der Waals surface area contributed by atoms with Gasteiger partial charge in [-0.25, -0.2) is 4.79 Å². The molecule has 0 aromatic heterocycles. The number of hydrogen-bond donors (Lipinski definition) is 4. The SMILES string of the molecule is CC(C)(SCC(=O)NC(=O)NC1CCCC1)[C@@H](N)C(=O)O. The standard InChI is InChI=1S/C13H23N3O4S/c1-13(2,10(14)11(18)19)21-7-9(17)16-12(20)15-8-5-3-4-6-8/h8,10H,3-7,14H2,1-2H3,(H,18,19)(H2,15,16,17,20)/t10-/m0/s1. The monoisotopic (exact) mass is 317 g/mol. The molecule has 1 rings (SSSR count). The van der Waals surface area contributed by atoms with E-state index >= 15 is 0 Å². The van der Waals surface area contributed by atoms with E-state index in [-0.39, 0.29) is 11.8 Å². The number of carbonyl (C=O) groups excluding carboxylic acids is 2. The van der Waals surface area contributed by atoms with E-state index in [4.69, 9.17) is 10.8 Å². The Morgan fingerprint density at radius 3 is 2.43 bits per heavy atom. The Kier molecular flexibility index (Phi) is 6.47. The first-order valence-electron chi connectivity index (χ1n) is 6.95. The molecule has 0 aromatic rings. The van der Waals surface area contributed by atoms with Gasteiger partial charge in [-0.2, -0.15) is 0 Å². The maximum absolute atomic E-state index is 11.7. The van der Waals surface area contributed by atoms with Gasteiger partial charge in [0.05, 0.1) is 5.75 Å². The maximum Gasteiger partial charge on any atom is 0.321 e. The number of carboxylic acids is 1. The molecule has 21 heavy (non-hydrogen) atoms. The van der Waals surface area contributed by atoms with Crippen LogP contribution in [0.4, 0.5) is 4.79 Å². The fraction of sp³-hybridized carbons (Fsp3) is 0.769. The van der Waals surface area contributed by atoms with Gasteiger partial charge >= 0.3 is 12.0 Å². The average molecular weight is 317 g/mol. The molecule has 3 amide bonds. The molecule has 0 bridgehead atoms. The molecule has 0 saturated heterocycles. The minimum atomic E-state index is -1.12. The second-order valence-electron chi connectivity index (χ2n) is 5.71. The van der Waals surface area contributed by atoms with E-state index in [0.717, 1.165) is 37.4 Å². The van der Waals surface area contributed by atoms with Gasteiger partial charge in [-0.3, -0.25) is 14.9 Å². The lowest BCUT2D eigenvalue weighted by molar-refractivity contribution is -0.139. The van der Waals surface area contributed by atoms with Crippen LogP contribution in [0.2, 0.25) is 0 Å². The molecule has 0 aromatic carbocycles. The Hall–Kier alpha value is -1.28.